The third-order valence-corrected chi connectivity index (χ3v) is 4.64. The van der Waals surface area contributed by atoms with Crippen LogP contribution in [0.3, 0.4) is 0 Å². The molecule has 0 saturated heterocycles. The van der Waals surface area contributed by atoms with Gasteiger partial charge in [0.1, 0.15) is 0 Å². The number of fused-ring (bicyclic) bond motifs is 1. The molecular formula is C17H12N2O3S. The lowest BCUT2D eigenvalue weighted by Crippen LogP contribution is -2.10. The number of nitrogens with zero attached hydrogens (tertiary/aromatic N) is 1. The van der Waals surface area contributed by atoms with Gasteiger partial charge >= 0.3 is 0 Å². The van der Waals surface area contributed by atoms with Crippen LogP contribution >= 0.6 is 11.3 Å². The van der Waals surface area contributed by atoms with Crippen LogP contribution in [0.4, 0.5) is 0 Å². The highest BCUT2D eigenvalue weighted by Gasteiger charge is 2.20. The molecule has 23 heavy (non-hydrogen) atoms. The number of benzene rings is 2. The quantitative estimate of drug-likeness (QED) is 0.802. The van der Waals surface area contributed by atoms with E-state index < -0.39 is 5.91 Å². The van der Waals surface area contributed by atoms with E-state index in [1.165, 1.54) is 11.3 Å². The Labute approximate surface area is 136 Å². The minimum Gasteiger partial charge on any atom is -0.454 e. The molecule has 1 aliphatic heterocycles. The van der Waals surface area contributed by atoms with Crippen molar-refractivity contribution in [2.45, 2.75) is 0 Å². The summed E-state index contributed by atoms with van der Waals surface area (Å²) in [6, 6.07) is 15.4. The summed E-state index contributed by atoms with van der Waals surface area (Å²) in [6.45, 7) is 0.216. The summed E-state index contributed by atoms with van der Waals surface area (Å²) in [7, 11) is 0. The molecule has 1 aromatic heterocycles. The number of thiazole rings is 1. The van der Waals surface area contributed by atoms with Gasteiger partial charge in [-0.1, -0.05) is 30.3 Å². The van der Waals surface area contributed by atoms with Crippen molar-refractivity contribution in [1.82, 2.24) is 4.98 Å². The van der Waals surface area contributed by atoms with Gasteiger partial charge in [0.25, 0.3) is 5.91 Å². The van der Waals surface area contributed by atoms with Crippen molar-refractivity contribution in [2.75, 3.05) is 6.79 Å². The minimum atomic E-state index is -0.529. The molecule has 1 amide bonds. The Balaban J connectivity index is 1.89. The molecule has 6 heteroatoms. The highest BCUT2D eigenvalue weighted by molar-refractivity contribution is 7.17. The van der Waals surface area contributed by atoms with E-state index in [0.29, 0.717) is 17.2 Å². The first kappa shape index (κ1) is 13.8. The van der Waals surface area contributed by atoms with Gasteiger partial charge in [0.2, 0.25) is 6.79 Å². The molecule has 2 heterocycles. The van der Waals surface area contributed by atoms with E-state index in [9.17, 15) is 4.79 Å². The smallest absolute Gasteiger partial charge is 0.277 e. The highest BCUT2D eigenvalue weighted by Crippen LogP contribution is 2.41. The molecule has 0 fully saturated rings. The normalized spacial score (nSPS) is 12.3. The van der Waals surface area contributed by atoms with E-state index in [-0.39, 0.29) is 11.8 Å². The number of nitrogens with two attached hydrogens (primary N) is 1. The monoisotopic (exact) mass is 324 g/mol. The molecule has 0 bridgehead atoms. The van der Waals surface area contributed by atoms with Gasteiger partial charge in [0, 0.05) is 5.56 Å². The fraction of sp³-hybridized carbons (Fsp3) is 0.0588. The van der Waals surface area contributed by atoms with Crippen molar-refractivity contribution >= 4 is 17.2 Å². The van der Waals surface area contributed by atoms with Crippen LogP contribution in [0.1, 0.15) is 9.80 Å². The first-order valence-corrected chi connectivity index (χ1v) is 7.80. The highest BCUT2D eigenvalue weighted by atomic mass is 32.1. The minimum absolute atomic E-state index is 0.216. The second-order valence-corrected chi connectivity index (χ2v) is 5.99. The Morgan fingerprint density at radius 2 is 1.83 bits per heavy atom. The molecule has 2 N–H and O–H groups in total. The molecule has 0 saturated carbocycles. The van der Waals surface area contributed by atoms with Gasteiger partial charge in [-0.15, -0.1) is 11.3 Å². The van der Waals surface area contributed by atoms with Gasteiger partial charge in [0.05, 0.1) is 10.6 Å². The lowest BCUT2D eigenvalue weighted by molar-refractivity contribution is 0.1000. The van der Waals surface area contributed by atoms with Crippen molar-refractivity contribution in [2.24, 2.45) is 5.73 Å². The Morgan fingerprint density at radius 1 is 1.04 bits per heavy atom. The second kappa shape index (κ2) is 5.40. The van der Waals surface area contributed by atoms with Gasteiger partial charge in [-0.05, 0) is 23.8 Å². The van der Waals surface area contributed by atoms with Crippen molar-refractivity contribution in [1.29, 1.82) is 0 Å². The van der Waals surface area contributed by atoms with Crippen LogP contribution in [-0.4, -0.2) is 17.7 Å². The zero-order valence-electron chi connectivity index (χ0n) is 12.0. The molecule has 0 unspecified atom stereocenters. The molecule has 0 spiro atoms. The molecule has 2 aromatic carbocycles. The zero-order valence-corrected chi connectivity index (χ0v) is 12.8. The molecule has 5 nitrogen and oxygen atoms in total. The van der Waals surface area contributed by atoms with E-state index in [2.05, 4.69) is 4.98 Å². The predicted octanol–water partition coefficient (Wildman–Crippen LogP) is 3.30. The summed E-state index contributed by atoms with van der Waals surface area (Å²) in [6.07, 6.45) is 0. The number of hydrogen-bond donors (Lipinski definition) is 1. The summed E-state index contributed by atoms with van der Waals surface area (Å²) in [5.41, 5.74) is 7.97. The Morgan fingerprint density at radius 3 is 2.61 bits per heavy atom. The average Bonchev–Trinajstić information content (AvgIpc) is 3.22. The van der Waals surface area contributed by atoms with Crippen molar-refractivity contribution in [3.8, 4) is 33.2 Å². The summed E-state index contributed by atoms with van der Waals surface area (Å²) in [5, 5.41) is 0.288. The zero-order chi connectivity index (χ0) is 15.8. The van der Waals surface area contributed by atoms with Gasteiger partial charge in [-0.2, -0.15) is 0 Å². The summed E-state index contributed by atoms with van der Waals surface area (Å²) < 4.78 is 10.8. The fourth-order valence-electron chi connectivity index (χ4n) is 2.45. The SMILES string of the molecule is NC(=O)c1nc(-c2ccc3c(c2)OCO3)c(-c2ccccc2)s1. The van der Waals surface area contributed by atoms with Crippen LogP contribution in [0.5, 0.6) is 11.5 Å². The predicted molar refractivity (Wildman–Crippen MR) is 87.6 cm³/mol. The van der Waals surface area contributed by atoms with Crippen molar-refractivity contribution < 1.29 is 14.3 Å². The lowest BCUT2D eigenvalue weighted by atomic mass is 10.1. The maximum Gasteiger partial charge on any atom is 0.277 e. The summed E-state index contributed by atoms with van der Waals surface area (Å²) >= 11 is 1.29. The summed E-state index contributed by atoms with van der Waals surface area (Å²) in [4.78, 5) is 16.9. The average molecular weight is 324 g/mol. The molecule has 3 aromatic rings. The lowest BCUT2D eigenvalue weighted by Gasteiger charge is -2.04. The Hall–Kier alpha value is -2.86. The molecule has 0 radical (unpaired) electrons. The Kier molecular flexibility index (Phi) is 3.24. The van der Waals surface area contributed by atoms with E-state index >= 15 is 0 Å². The number of rotatable bonds is 3. The van der Waals surface area contributed by atoms with Crippen LogP contribution in [-0.2, 0) is 0 Å². The van der Waals surface area contributed by atoms with Crippen LogP contribution < -0.4 is 15.2 Å². The third-order valence-electron chi connectivity index (χ3n) is 3.52. The molecule has 1 aliphatic rings. The van der Waals surface area contributed by atoms with Gasteiger partial charge in [-0.25, -0.2) is 4.98 Å². The van der Waals surface area contributed by atoms with Crippen LogP contribution in [0, 0.1) is 0 Å². The van der Waals surface area contributed by atoms with Crippen LogP contribution in [0.2, 0.25) is 0 Å². The topological polar surface area (TPSA) is 74.4 Å². The van der Waals surface area contributed by atoms with E-state index in [1.54, 1.807) is 0 Å². The first-order chi connectivity index (χ1) is 11.2. The number of carbonyl (C=O) groups is 1. The number of carbonyl (C=O) groups excluding carboxylic acids is 1. The third kappa shape index (κ3) is 2.43. The molecule has 4 rings (SSSR count). The maximum absolute atomic E-state index is 11.5. The number of aromatic nitrogens is 1. The summed E-state index contributed by atoms with van der Waals surface area (Å²) in [5.74, 6) is 0.856. The number of ether oxygens (including phenoxy) is 2. The van der Waals surface area contributed by atoms with E-state index in [4.69, 9.17) is 15.2 Å². The van der Waals surface area contributed by atoms with Crippen molar-refractivity contribution in [3.05, 3.63) is 53.5 Å². The molecular weight excluding hydrogens is 312 g/mol. The van der Waals surface area contributed by atoms with E-state index in [1.807, 2.05) is 48.5 Å². The number of primary amides is 1. The van der Waals surface area contributed by atoms with Crippen molar-refractivity contribution in [3.63, 3.8) is 0 Å². The largest absolute Gasteiger partial charge is 0.454 e. The Bertz CT molecular complexity index is 890. The van der Waals surface area contributed by atoms with Gasteiger partial charge in [-0.3, -0.25) is 4.79 Å². The first-order valence-electron chi connectivity index (χ1n) is 6.98. The van der Waals surface area contributed by atoms with Crippen LogP contribution in [0.15, 0.2) is 48.5 Å². The van der Waals surface area contributed by atoms with Gasteiger partial charge in [0.15, 0.2) is 16.5 Å². The number of hydrogen-bond acceptors (Lipinski definition) is 5. The molecule has 114 valence electrons. The fourth-order valence-corrected chi connectivity index (χ4v) is 3.40. The van der Waals surface area contributed by atoms with Crippen LogP contribution in [0.25, 0.3) is 21.7 Å². The second-order valence-electron chi connectivity index (χ2n) is 5.00. The molecule has 0 atom stereocenters. The molecule has 0 aliphatic carbocycles. The number of amides is 1. The van der Waals surface area contributed by atoms with E-state index in [0.717, 1.165) is 16.0 Å². The maximum atomic E-state index is 11.5. The van der Waals surface area contributed by atoms with Gasteiger partial charge < -0.3 is 15.2 Å². The standard InChI is InChI=1S/C17H12N2O3S/c18-16(20)17-19-14(15(23-17)10-4-2-1-3-5-10)11-6-7-12-13(8-11)22-9-21-12/h1-8H,9H2,(H2,18,20).